The molecule has 0 aliphatic heterocycles. The number of nitrogens with one attached hydrogen (secondary N) is 1. The summed E-state index contributed by atoms with van der Waals surface area (Å²) >= 11 is 0. The Morgan fingerprint density at radius 1 is 1.15 bits per heavy atom. The fourth-order valence-corrected chi connectivity index (χ4v) is 2.73. The molecule has 1 amide bonds. The van der Waals surface area contributed by atoms with Crippen LogP contribution in [0.25, 0.3) is 0 Å². The number of benzene rings is 2. The summed E-state index contributed by atoms with van der Waals surface area (Å²) in [4.78, 5) is 22.6. The van der Waals surface area contributed by atoms with Gasteiger partial charge in [0.25, 0.3) is 5.69 Å². The highest BCUT2D eigenvalue weighted by Gasteiger charge is 2.14. The number of hydrogen-bond donors (Lipinski definition) is 1. The fraction of sp³-hybridized carbons (Fsp3) is 0.381. The zero-order chi connectivity index (χ0) is 19.3. The van der Waals surface area contributed by atoms with Crippen LogP contribution in [0.1, 0.15) is 56.8 Å². The SMILES string of the molecule is CC(NC(=O)CCc1ccc(C(C)(C)C)cc1)c1cccc([N+](=O)[O-])c1. The van der Waals surface area contributed by atoms with Crippen LogP contribution in [-0.4, -0.2) is 10.8 Å². The number of nitro benzene ring substituents is 1. The average Bonchev–Trinajstić information content (AvgIpc) is 2.59. The molecule has 0 saturated carbocycles. The highest BCUT2D eigenvalue weighted by molar-refractivity contribution is 5.76. The normalized spacial score (nSPS) is 12.5. The van der Waals surface area contributed by atoms with Crippen LogP contribution < -0.4 is 5.32 Å². The zero-order valence-corrected chi connectivity index (χ0v) is 15.8. The van der Waals surface area contributed by atoms with Crippen molar-refractivity contribution in [2.24, 2.45) is 0 Å². The molecule has 0 bridgehead atoms. The van der Waals surface area contributed by atoms with Crippen LogP contribution in [0.5, 0.6) is 0 Å². The summed E-state index contributed by atoms with van der Waals surface area (Å²) in [5.74, 6) is -0.0658. The van der Waals surface area contributed by atoms with Gasteiger partial charge in [0.1, 0.15) is 0 Å². The molecule has 2 aromatic carbocycles. The number of amides is 1. The summed E-state index contributed by atoms with van der Waals surface area (Å²) in [5.41, 5.74) is 3.26. The first-order chi connectivity index (χ1) is 12.2. The number of nitro groups is 1. The minimum absolute atomic E-state index is 0.0301. The first-order valence-corrected chi connectivity index (χ1v) is 8.80. The summed E-state index contributed by atoms with van der Waals surface area (Å²) in [5, 5.41) is 13.8. The van der Waals surface area contributed by atoms with E-state index in [1.807, 2.05) is 6.92 Å². The summed E-state index contributed by atoms with van der Waals surface area (Å²) in [7, 11) is 0. The van der Waals surface area contributed by atoms with Gasteiger partial charge in [-0.2, -0.15) is 0 Å². The Hall–Kier alpha value is -2.69. The summed E-state index contributed by atoms with van der Waals surface area (Å²) in [6.45, 7) is 8.34. The van der Waals surface area contributed by atoms with Gasteiger partial charge in [-0.3, -0.25) is 14.9 Å². The molecule has 0 heterocycles. The van der Waals surface area contributed by atoms with E-state index in [1.165, 1.54) is 17.7 Å². The van der Waals surface area contributed by atoms with E-state index in [0.29, 0.717) is 12.8 Å². The Morgan fingerprint density at radius 3 is 2.38 bits per heavy atom. The number of aryl methyl sites for hydroxylation is 1. The molecule has 0 aliphatic carbocycles. The quantitative estimate of drug-likeness (QED) is 0.603. The van der Waals surface area contributed by atoms with Crippen LogP contribution in [0.2, 0.25) is 0 Å². The van der Waals surface area contributed by atoms with Crippen molar-refractivity contribution in [3.8, 4) is 0 Å². The lowest BCUT2D eigenvalue weighted by Gasteiger charge is -2.19. The number of carbonyl (C=O) groups excluding carboxylic acids is 1. The average molecular weight is 354 g/mol. The maximum Gasteiger partial charge on any atom is 0.269 e. The van der Waals surface area contributed by atoms with Gasteiger partial charge in [0.05, 0.1) is 11.0 Å². The molecule has 0 aliphatic rings. The Morgan fingerprint density at radius 2 is 1.81 bits per heavy atom. The van der Waals surface area contributed by atoms with Gasteiger partial charge in [-0.15, -0.1) is 0 Å². The van der Waals surface area contributed by atoms with Gasteiger partial charge in [0, 0.05) is 18.6 Å². The molecule has 5 nitrogen and oxygen atoms in total. The van der Waals surface area contributed by atoms with Crippen LogP contribution in [0, 0.1) is 10.1 Å². The molecule has 0 fully saturated rings. The minimum Gasteiger partial charge on any atom is -0.350 e. The maximum atomic E-state index is 12.2. The maximum absolute atomic E-state index is 12.2. The van der Waals surface area contributed by atoms with E-state index in [2.05, 4.69) is 50.4 Å². The Balaban J connectivity index is 1.90. The Labute approximate surface area is 154 Å². The highest BCUT2D eigenvalue weighted by atomic mass is 16.6. The molecule has 26 heavy (non-hydrogen) atoms. The van der Waals surface area contributed by atoms with E-state index in [9.17, 15) is 14.9 Å². The number of carbonyl (C=O) groups is 1. The zero-order valence-electron chi connectivity index (χ0n) is 15.8. The molecule has 2 aromatic rings. The van der Waals surface area contributed by atoms with Crippen molar-refractivity contribution in [2.45, 2.75) is 52.0 Å². The number of nitrogens with zero attached hydrogens (tertiary/aromatic N) is 1. The van der Waals surface area contributed by atoms with Gasteiger partial charge in [0.15, 0.2) is 0 Å². The van der Waals surface area contributed by atoms with Crippen LogP contribution in [-0.2, 0) is 16.6 Å². The first kappa shape index (κ1) is 19.6. The van der Waals surface area contributed by atoms with E-state index in [1.54, 1.807) is 12.1 Å². The van der Waals surface area contributed by atoms with Crippen LogP contribution in [0.3, 0.4) is 0 Å². The molecule has 1 unspecified atom stereocenters. The molecule has 0 saturated heterocycles. The van der Waals surface area contributed by atoms with Crippen molar-refractivity contribution < 1.29 is 9.72 Å². The standard InChI is InChI=1S/C21H26N2O3/c1-15(17-6-5-7-19(14-17)23(25)26)22-20(24)13-10-16-8-11-18(12-9-16)21(2,3)4/h5-9,11-12,14-15H,10,13H2,1-4H3,(H,22,24). The third kappa shape index (κ3) is 5.41. The smallest absolute Gasteiger partial charge is 0.269 e. The van der Waals surface area contributed by atoms with Crippen molar-refractivity contribution in [1.82, 2.24) is 5.32 Å². The lowest BCUT2D eigenvalue weighted by molar-refractivity contribution is -0.384. The topological polar surface area (TPSA) is 72.2 Å². The number of rotatable bonds is 6. The van der Waals surface area contributed by atoms with Crippen molar-refractivity contribution in [1.29, 1.82) is 0 Å². The van der Waals surface area contributed by atoms with Gasteiger partial charge in [-0.05, 0) is 35.4 Å². The first-order valence-electron chi connectivity index (χ1n) is 8.80. The highest BCUT2D eigenvalue weighted by Crippen LogP contribution is 2.23. The van der Waals surface area contributed by atoms with E-state index in [-0.39, 0.29) is 23.1 Å². The summed E-state index contributed by atoms with van der Waals surface area (Å²) in [6.07, 6.45) is 1.05. The van der Waals surface area contributed by atoms with Gasteiger partial charge in [-0.25, -0.2) is 0 Å². The molecule has 0 radical (unpaired) electrons. The number of non-ortho nitro benzene ring substituents is 1. The van der Waals surface area contributed by atoms with Gasteiger partial charge in [0.2, 0.25) is 5.91 Å². The van der Waals surface area contributed by atoms with E-state index in [0.717, 1.165) is 11.1 Å². The van der Waals surface area contributed by atoms with Crippen LogP contribution >= 0.6 is 0 Å². The van der Waals surface area contributed by atoms with Gasteiger partial charge < -0.3 is 5.32 Å². The molecular weight excluding hydrogens is 328 g/mol. The fourth-order valence-electron chi connectivity index (χ4n) is 2.73. The third-order valence-electron chi connectivity index (χ3n) is 4.42. The second-order valence-electron chi connectivity index (χ2n) is 7.59. The Bertz CT molecular complexity index is 777. The lowest BCUT2D eigenvalue weighted by Crippen LogP contribution is -2.26. The third-order valence-corrected chi connectivity index (χ3v) is 4.42. The largest absolute Gasteiger partial charge is 0.350 e. The lowest BCUT2D eigenvalue weighted by atomic mass is 9.86. The van der Waals surface area contributed by atoms with Crippen LogP contribution in [0.15, 0.2) is 48.5 Å². The van der Waals surface area contributed by atoms with Gasteiger partial charge in [-0.1, -0.05) is 57.2 Å². The molecule has 0 aromatic heterocycles. The van der Waals surface area contributed by atoms with Crippen molar-refractivity contribution in [3.63, 3.8) is 0 Å². The molecule has 1 atom stereocenters. The van der Waals surface area contributed by atoms with Crippen LogP contribution in [0.4, 0.5) is 5.69 Å². The predicted octanol–water partition coefficient (Wildman–Crippen LogP) is 4.70. The molecule has 1 N–H and O–H groups in total. The molecular formula is C21H26N2O3. The van der Waals surface area contributed by atoms with E-state index in [4.69, 9.17) is 0 Å². The van der Waals surface area contributed by atoms with Crippen molar-refractivity contribution in [2.75, 3.05) is 0 Å². The van der Waals surface area contributed by atoms with Crippen molar-refractivity contribution >= 4 is 11.6 Å². The summed E-state index contributed by atoms with van der Waals surface area (Å²) in [6, 6.07) is 14.4. The van der Waals surface area contributed by atoms with Crippen molar-refractivity contribution in [3.05, 3.63) is 75.3 Å². The molecule has 5 heteroatoms. The molecule has 0 spiro atoms. The second kappa shape index (κ2) is 8.13. The Kier molecular flexibility index (Phi) is 6.14. The van der Waals surface area contributed by atoms with E-state index < -0.39 is 4.92 Å². The monoisotopic (exact) mass is 354 g/mol. The predicted molar refractivity (Wildman–Crippen MR) is 103 cm³/mol. The van der Waals surface area contributed by atoms with Gasteiger partial charge >= 0.3 is 0 Å². The minimum atomic E-state index is -0.431. The molecule has 138 valence electrons. The molecule has 2 rings (SSSR count). The summed E-state index contributed by atoms with van der Waals surface area (Å²) < 4.78 is 0. The second-order valence-corrected chi connectivity index (χ2v) is 7.59. The number of hydrogen-bond acceptors (Lipinski definition) is 3. The van der Waals surface area contributed by atoms with E-state index >= 15 is 0 Å².